The molecule has 104 valence electrons. The van der Waals surface area contributed by atoms with E-state index in [-0.39, 0.29) is 24.6 Å². The summed E-state index contributed by atoms with van der Waals surface area (Å²) >= 11 is 0. The van der Waals surface area contributed by atoms with E-state index in [4.69, 9.17) is 0 Å². The van der Waals surface area contributed by atoms with Crippen LogP contribution in [0.2, 0.25) is 0 Å². The molecule has 0 unspecified atom stereocenters. The SMILES string of the molecule is Cc1ccnc(NC(=O)CCn2cc([N+](=O)[O-])cn2)c1. The molecule has 0 aliphatic carbocycles. The van der Waals surface area contributed by atoms with Crippen molar-refractivity contribution in [3.05, 3.63) is 46.4 Å². The number of pyridine rings is 1. The summed E-state index contributed by atoms with van der Waals surface area (Å²) in [6.07, 6.45) is 4.22. The van der Waals surface area contributed by atoms with Crippen LogP contribution in [0.3, 0.4) is 0 Å². The summed E-state index contributed by atoms with van der Waals surface area (Å²) in [6.45, 7) is 2.17. The van der Waals surface area contributed by atoms with Gasteiger partial charge in [0.25, 0.3) is 0 Å². The lowest BCUT2D eigenvalue weighted by atomic mass is 10.3. The number of rotatable bonds is 5. The number of amides is 1. The van der Waals surface area contributed by atoms with Crippen LogP contribution in [0.1, 0.15) is 12.0 Å². The maximum absolute atomic E-state index is 11.7. The highest BCUT2D eigenvalue weighted by atomic mass is 16.6. The Morgan fingerprint density at radius 3 is 3.00 bits per heavy atom. The van der Waals surface area contributed by atoms with Crippen molar-refractivity contribution in [2.24, 2.45) is 0 Å². The van der Waals surface area contributed by atoms with Crippen molar-refractivity contribution in [1.82, 2.24) is 14.8 Å². The van der Waals surface area contributed by atoms with E-state index in [1.54, 1.807) is 12.3 Å². The van der Waals surface area contributed by atoms with Crippen molar-refractivity contribution in [2.45, 2.75) is 19.9 Å². The zero-order chi connectivity index (χ0) is 14.5. The van der Waals surface area contributed by atoms with Crippen LogP contribution >= 0.6 is 0 Å². The van der Waals surface area contributed by atoms with Gasteiger partial charge in [0.15, 0.2) is 0 Å². The second-order valence-electron chi connectivity index (χ2n) is 4.24. The minimum Gasteiger partial charge on any atom is -0.311 e. The van der Waals surface area contributed by atoms with Crippen LogP contribution in [0.5, 0.6) is 0 Å². The molecule has 2 rings (SSSR count). The van der Waals surface area contributed by atoms with E-state index in [2.05, 4.69) is 15.4 Å². The standard InChI is InChI=1S/C12H13N5O3/c1-9-2-4-13-11(6-9)15-12(18)3-5-16-8-10(7-14-16)17(19)20/h2,4,6-8H,3,5H2,1H3,(H,13,15,18). The molecule has 1 amide bonds. The molecule has 0 radical (unpaired) electrons. The zero-order valence-electron chi connectivity index (χ0n) is 10.8. The Labute approximate surface area is 114 Å². The Morgan fingerprint density at radius 2 is 2.35 bits per heavy atom. The third kappa shape index (κ3) is 3.61. The number of hydrogen-bond acceptors (Lipinski definition) is 5. The van der Waals surface area contributed by atoms with Crippen LogP contribution in [0.25, 0.3) is 0 Å². The van der Waals surface area contributed by atoms with Crippen molar-refractivity contribution in [2.75, 3.05) is 5.32 Å². The van der Waals surface area contributed by atoms with Gasteiger partial charge in [-0.2, -0.15) is 5.10 Å². The third-order valence-electron chi connectivity index (χ3n) is 2.58. The monoisotopic (exact) mass is 275 g/mol. The van der Waals surface area contributed by atoms with Crippen molar-refractivity contribution in [3.63, 3.8) is 0 Å². The number of carbonyl (C=O) groups excluding carboxylic acids is 1. The Hall–Kier alpha value is -2.77. The molecule has 8 nitrogen and oxygen atoms in total. The van der Waals surface area contributed by atoms with Gasteiger partial charge in [-0.25, -0.2) is 4.98 Å². The normalized spacial score (nSPS) is 10.2. The molecule has 2 aromatic rings. The molecule has 1 N–H and O–H groups in total. The third-order valence-corrected chi connectivity index (χ3v) is 2.58. The van der Waals surface area contributed by atoms with Gasteiger partial charge in [0.2, 0.25) is 5.91 Å². The quantitative estimate of drug-likeness (QED) is 0.658. The summed E-state index contributed by atoms with van der Waals surface area (Å²) in [7, 11) is 0. The first-order valence-corrected chi connectivity index (χ1v) is 5.94. The maximum atomic E-state index is 11.7. The molecule has 8 heteroatoms. The van der Waals surface area contributed by atoms with E-state index in [9.17, 15) is 14.9 Å². The molecule has 0 aromatic carbocycles. The highest BCUT2D eigenvalue weighted by Crippen LogP contribution is 2.09. The van der Waals surface area contributed by atoms with Gasteiger partial charge in [-0.05, 0) is 24.6 Å². The predicted octanol–water partition coefficient (Wildman–Crippen LogP) is 1.52. The van der Waals surface area contributed by atoms with E-state index in [1.165, 1.54) is 10.9 Å². The summed E-state index contributed by atoms with van der Waals surface area (Å²) in [5.41, 5.74) is 0.906. The van der Waals surface area contributed by atoms with Gasteiger partial charge in [0.05, 0.1) is 4.92 Å². The highest BCUT2D eigenvalue weighted by molar-refractivity contribution is 5.89. The van der Waals surface area contributed by atoms with Gasteiger partial charge in [0, 0.05) is 19.2 Å². The number of nitrogens with one attached hydrogen (secondary N) is 1. The van der Waals surface area contributed by atoms with Gasteiger partial charge in [-0.15, -0.1) is 0 Å². The van der Waals surface area contributed by atoms with Gasteiger partial charge in [-0.3, -0.25) is 19.6 Å². The van der Waals surface area contributed by atoms with Gasteiger partial charge in [-0.1, -0.05) is 0 Å². The largest absolute Gasteiger partial charge is 0.311 e. The Kier molecular flexibility index (Phi) is 4.04. The molecule has 0 aliphatic heterocycles. The molecule has 0 aliphatic rings. The fraction of sp³-hybridized carbons (Fsp3) is 0.250. The first-order valence-electron chi connectivity index (χ1n) is 5.94. The smallest absolute Gasteiger partial charge is 0.306 e. The average molecular weight is 275 g/mol. The summed E-state index contributed by atoms with van der Waals surface area (Å²) in [5, 5.41) is 17.0. The van der Waals surface area contributed by atoms with Gasteiger partial charge < -0.3 is 5.32 Å². The van der Waals surface area contributed by atoms with E-state index in [0.717, 1.165) is 11.8 Å². The number of nitro groups is 1. The number of carbonyl (C=O) groups is 1. The first kappa shape index (κ1) is 13.7. The number of aryl methyl sites for hydroxylation is 2. The lowest BCUT2D eigenvalue weighted by Gasteiger charge is -2.04. The molecule has 0 atom stereocenters. The molecule has 0 saturated heterocycles. The molecule has 0 spiro atoms. The fourth-order valence-corrected chi connectivity index (χ4v) is 1.60. The van der Waals surface area contributed by atoms with Crippen molar-refractivity contribution in [3.8, 4) is 0 Å². The molecular formula is C12H13N5O3. The Balaban J connectivity index is 1.87. The summed E-state index contributed by atoms with van der Waals surface area (Å²) in [5.74, 6) is 0.266. The topological polar surface area (TPSA) is 103 Å². The van der Waals surface area contributed by atoms with Crippen molar-refractivity contribution in [1.29, 1.82) is 0 Å². The maximum Gasteiger partial charge on any atom is 0.306 e. The second kappa shape index (κ2) is 5.91. The number of aromatic nitrogens is 3. The first-order chi connectivity index (χ1) is 9.54. The minimum absolute atomic E-state index is 0.0919. The molecule has 0 fully saturated rings. The molecule has 2 aromatic heterocycles. The van der Waals surface area contributed by atoms with Crippen LogP contribution in [0.4, 0.5) is 11.5 Å². The molecule has 0 saturated carbocycles. The lowest BCUT2D eigenvalue weighted by molar-refractivity contribution is -0.385. The summed E-state index contributed by atoms with van der Waals surface area (Å²) in [6, 6.07) is 3.59. The number of anilines is 1. The number of nitrogens with zero attached hydrogens (tertiary/aromatic N) is 4. The minimum atomic E-state index is -0.528. The van der Waals surface area contributed by atoms with Crippen LogP contribution in [0.15, 0.2) is 30.7 Å². The number of hydrogen-bond donors (Lipinski definition) is 1. The van der Waals surface area contributed by atoms with Crippen LogP contribution in [-0.2, 0) is 11.3 Å². The van der Waals surface area contributed by atoms with E-state index in [0.29, 0.717) is 5.82 Å². The predicted molar refractivity (Wildman–Crippen MR) is 71.1 cm³/mol. The Morgan fingerprint density at radius 1 is 1.55 bits per heavy atom. The van der Waals surface area contributed by atoms with Crippen molar-refractivity contribution < 1.29 is 9.72 Å². The van der Waals surface area contributed by atoms with Crippen LogP contribution in [0, 0.1) is 17.0 Å². The summed E-state index contributed by atoms with van der Waals surface area (Å²) < 4.78 is 1.36. The van der Waals surface area contributed by atoms with E-state index in [1.807, 2.05) is 13.0 Å². The van der Waals surface area contributed by atoms with E-state index >= 15 is 0 Å². The van der Waals surface area contributed by atoms with Gasteiger partial charge >= 0.3 is 5.69 Å². The lowest BCUT2D eigenvalue weighted by Crippen LogP contribution is -2.15. The van der Waals surface area contributed by atoms with Crippen LogP contribution in [-0.4, -0.2) is 25.6 Å². The molecule has 20 heavy (non-hydrogen) atoms. The van der Waals surface area contributed by atoms with Gasteiger partial charge in [0.1, 0.15) is 18.2 Å². The highest BCUT2D eigenvalue weighted by Gasteiger charge is 2.10. The van der Waals surface area contributed by atoms with Crippen molar-refractivity contribution >= 4 is 17.4 Å². The molecule has 0 bridgehead atoms. The Bertz CT molecular complexity index is 638. The zero-order valence-corrected chi connectivity index (χ0v) is 10.8. The van der Waals surface area contributed by atoms with Crippen LogP contribution < -0.4 is 5.32 Å². The fourth-order valence-electron chi connectivity index (χ4n) is 1.60. The second-order valence-corrected chi connectivity index (χ2v) is 4.24. The summed E-state index contributed by atoms with van der Waals surface area (Å²) in [4.78, 5) is 25.7. The average Bonchev–Trinajstić information content (AvgIpc) is 2.85. The molecular weight excluding hydrogens is 262 g/mol. The molecule has 2 heterocycles. The van der Waals surface area contributed by atoms with E-state index < -0.39 is 4.92 Å².